The van der Waals surface area contributed by atoms with Gasteiger partial charge in [-0.15, -0.1) is 0 Å². The van der Waals surface area contributed by atoms with Gasteiger partial charge in [-0.25, -0.2) is 9.97 Å². The monoisotopic (exact) mass is 345 g/mol. The van der Waals surface area contributed by atoms with E-state index in [2.05, 4.69) is 24.9 Å². The van der Waals surface area contributed by atoms with Crippen LogP contribution < -0.4 is 4.90 Å². The second-order valence-electron chi connectivity index (χ2n) is 6.46. The number of rotatable bonds is 3. The maximum atomic E-state index is 12.4. The molecule has 134 valence electrons. The van der Waals surface area contributed by atoms with E-state index >= 15 is 0 Å². The predicted octanol–water partition coefficient (Wildman–Crippen LogP) is -0.656. The summed E-state index contributed by atoms with van der Waals surface area (Å²) in [6, 6.07) is 0. The molecule has 0 radical (unpaired) electrons. The molecular formula is C16H23N7O2. The molecule has 2 saturated heterocycles. The van der Waals surface area contributed by atoms with Crippen LogP contribution in [0.3, 0.4) is 0 Å². The largest absolute Gasteiger partial charge is 0.378 e. The van der Waals surface area contributed by atoms with Crippen LogP contribution in [0.15, 0.2) is 12.5 Å². The van der Waals surface area contributed by atoms with Crippen LogP contribution in [0, 0.1) is 0 Å². The number of morpholine rings is 1. The molecule has 2 aliphatic rings. The van der Waals surface area contributed by atoms with Gasteiger partial charge in [-0.1, -0.05) is 0 Å². The number of carbonyl (C=O) groups excluding carboxylic acids is 1. The fraction of sp³-hybridized carbons (Fsp3) is 0.625. The number of anilines is 1. The van der Waals surface area contributed by atoms with Crippen LogP contribution in [-0.4, -0.2) is 94.5 Å². The van der Waals surface area contributed by atoms with E-state index in [1.54, 1.807) is 11.0 Å². The molecule has 0 saturated carbocycles. The van der Waals surface area contributed by atoms with Gasteiger partial charge in [0.1, 0.15) is 12.1 Å². The third kappa shape index (κ3) is 3.29. The highest BCUT2D eigenvalue weighted by Gasteiger charge is 2.24. The Labute approximate surface area is 146 Å². The summed E-state index contributed by atoms with van der Waals surface area (Å²) in [5, 5.41) is 5.25. The summed E-state index contributed by atoms with van der Waals surface area (Å²) in [6.07, 6.45) is 3.41. The van der Waals surface area contributed by atoms with Crippen LogP contribution in [0.4, 0.5) is 5.82 Å². The van der Waals surface area contributed by atoms with Gasteiger partial charge in [0.25, 0.3) is 0 Å². The molecule has 0 aromatic carbocycles. The molecule has 25 heavy (non-hydrogen) atoms. The van der Waals surface area contributed by atoms with Crippen molar-refractivity contribution in [2.24, 2.45) is 7.05 Å². The number of ether oxygens (including phenoxy) is 1. The molecule has 9 nitrogen and oxygen atoms in total. The number of aromatic nitrogens is 4. The van der Waals surface area contributed by atoms with Crippen molar-refractivity contribution in [3.63, 3.8) is 0 Å². The van der Waals surface area contributed by atoms with Gasteiger partial charge in [0.15, 0.2) is 5.65 Å². The fourth-order valence-electron chi connectivity index (χ4n) is 3.42. The van der Waals surface area contributed by atoms with Crippen molar-refractivity contribution < 1.29 is 9.53 Å². The molecule has 2 aliphatic heterocycles. The number of aryl methyl sites for hydroxylation is 1. The SMILES string of the molecule is Cn1ncc2c(N3CCN(CC(=O)N4CCOCC4)CC3)ncnc21. The van der Waals surface area contributed by atoms with Gasteiger partial charge in [-0.3, -0.25) is 14.4 Å². The zero-order chi connectivity index (χ0) is 17.2. The Hall–Kier alpha value is -2.26. The second kappa shape index (κ2) is 6.93. The zero-order valence-corrected chi connectivity index (χ0v) is 14.5. The zero-order valence-electron chi connectivity index (χ0n) is 14.5. The third-order valence-electron chi connectivity index (χ3n) is 4.90. The summed E-state index contributed by atoms with van der Waals surface area (Å²) < 4.78 is 7.07. The molecule has 1 amide bonds. The van der Waals surface area contributed by atoms with Gasteiger partial charge < -0.3 is 14.5 Å². The molecule has 0 spiro atoms. The molecule has 2 aromatic rings. The summed E-state index contributed by atoms with van der Waals surface area (Å²) in [5.74, 6) is 1.13. The number of amides is 1. The van der Waals surface area contributed by atoms with Crippen LogP contribution >= 0.6 is 0 Å². The minimum atomic E-state index is 0.202. The summed E-state index contributed by atoms with van der Waals surface area (Å²) in [7, 11) is 1.88. The first-order valence-electron chi connectivity index (χ1n) is 8.68. The summed E-state index contributed by atoms with van der Waals surface area (Å²) >= 11 is 0. The lowest BCUT2D eigenvalue weighted by molar-refractivity contribution is -0.136. The molecule has 0 N–H and O–H groups in total. The first-order valence-corrected chi connectivity index (χ1v) is 8.68. The molecule has 4 heterocycles. The van der Waals surface area contributed by atoms with E-state index in [0.29, 0.717) is 32.8 Å². The fourth-order valence-corrected chi connectivity index (χ4v) is 3.42. The molecule has 0 aliphatic carbocycles. The lowest BCUT2D eigenvalue weighted by Crippen LogP contribution is -2.51. The van der Waals surface area contributed by atoms with Crippen molar-refractivity contribution in [2.75, 3.05) is 63.9 Å². The molecule has 0 bridgehead atoms. The maximum absolute atomic E-state index is 12.4. The lowest BCUT2D eigenvalue weighted by atomic mass is 10.2. The van der Waals surface area contributed by atoms with Crippen molar-refractivity contribution in [3.05, 3.63) is 12.5 Å². The Kier molecular flexibility index (Phi) is 4.50. The number of hydrogen-bond donors (Lipinski definition) is 0. The van der Waals surface area contributed by atoms with Crippen LogP contribution in [0.2, 0.25) is 0 Å². The van der Waals surface area contributed by atoms with Crippen LogP contribution in [0.1, 0.15) is 0 Å². The normalized spacial score (nSPS) is 19.6. The Balaban J connectivity index is 1.37. The maximum Gasteiger partial charge on any atom is 0.236 e. The summed E-state index contributed by atoms with van der Waals surface area (Å²) in [5.41, 5.74) is 0.843. The van der Waals surface area contributed by atoms with Crippen LogP contribution in [0.5, 0.6) is 0 Å². The first kappa shape index (κ1) is 16.2. The molecule has 2 fully saturated rings. The number of hydrogen-bond acceptors (Lipinski definition) is 7. The Bertz CT molecular complexity index is 748. The average molecular weight is 345 g/mol. The van der Waals surface area contributed by atoms with Crippen molar-refractivity contribution >= 4 is 22.8 Å². The van der Waals surface area contributed by atoms with E-state index in [4.69, 9.17) is 4.74 Å². The highest BCUT2D eigenvalue weighted by atomic mass is 16.5. The third-order valence-corrected chi connectivity index (χ3v) is 4.90. The minimum absolute atomic E-state index is 0.202. The van der Waals surface area contributed by atoms with Crippen molar-refractivity contribution in [1.29, 1.82) is 0 Å². The van der Waals surface area contributed by atoms with Crippen molar-refractivity contribution in [1.82, 2.24) is 29.5 Å². The van der Waals surface area contributed by atoms with E-state index in [9.17, 15) is 4.79 Å². The van der Waals surface area contributed by atoms with Gasteiger partial charge in [0.05, 0.1) is 31.3 Å². The molecule has 2 aromatic heterocycles. The molecule has 4 rings (SSSR count). The van der Waals surface area contributed by atoms with E-state index in [-0.39, 0.29) is 5.91 Å². The summed E-state index contributed by atoms with van der Waals surface area (Å²) in [4.78, 5) is 27.5. The quantitative estimate of drug-likeness (QED) is 0.731. The molecule has 0 atom stereocenters. The lowest BCUT2D eigenvalue weighted by Gasteiger charge is -2.36. The number of piperazine rings is 1. The van der Waals surface area contributed by atoms with Gasteiger partial charge in [0.2, 0.25) is 5.91 Å². The van der Waals surface area contributed by atoms with Crippen LogP contribution in [0.25, 0.3) is 11.0 Å². The van der Waals surface area contributed by atoms with Gasteiger partial charge in [-0.05, 0) is 0 Å². The Morgan fingerprint density at radius 2 is 1.88 bits per heavy atom. The smallest absolute Gasteiger partial charge is 0.236 e. The number of carbonyl (C=O) groups is 1. The van der Waals surface area contributed by atoms with Crippen LogP contribution in [-0.2, 0) is 16.6 Å². The van der Waals surface area contributed by atoms with E-state index in [1.165, 1.54) is 0 Å². The van der Waals surface area contributed by atoms with Crippen molar-refractivity contribution in [2.45, 2.75) is 0 Å². The Morgan fingerprint density at radius 3 is 2.64 bits per heavy atom. The van der Waals surface area contributed by atoms with Crippen molar-refractivity contribution in [3.8, 4) is 0 Å². The average Bonchev–Trinajstić information content (AvgIpc) is 3.04. The predicted molar refractivity (Wildman–Crippen MR) is 92.4 cm³/mol. The highest BCUT2D eigenvalue weighted by Crippen LogP contribution is 2.23. The topological polar surface area (TPSA) is 79.6 Å². The minimum Gasteiger partial charge on any atom is -0.378 e. The van der Waals surface area contributed by atoms with Gasteiger partial charge in [-0.2, -0.15) is 5.10 Å². The van der Waals surface area contributed by atoms with Gasteiger partial charge >= 0.3 is 0 Å². The second-order valence-corrected chi connectivity index (χ2v) is 6.46. The number of nitrogens with zero attached hydrogens (tertiary/aromatic N) is 7. The molecular weight excluding hydrogens is 322 g/mol. The summed E-state index contributed by atoms with van der Waals surface area (Å²) in [6.45, 7) is 6.58. The first-order chi connectivity index (χ1) is 12.2. The highest BCUT2D eigenvalue weighted by molar-refractivity contribution is 5.86. The Morgan fingerprint density at radius 1 is 1.12 bits per heavy atom. The van der Waals surface area contributed by atoms with E-state index < -0.39 is 0 Å². The molecule has 9 heteroatoms. The molecule has 0 unspecified atom stereocenters. The standard InChI is InChI=1S/C16H23N7O2/c1-20-15-13(10-19-20)16(18-12-17-15)23-4-2-21(3-5-23)11-14(24)22-6-8-25-9-7-22/h10,12H,2-9,11H2,1H3. The van der Waals surface area contributed by atoms with Gasteiger partial charge in [0, 0.05) is 46.3 Å². The van der Waals surface area contributed by atoms with E-state index in [1.807, 2.05) is 18.1 Å². The van der Waals surface area contributed by atoms with E-state index in [0.717, 1.165) is 43.0 Å². The number of fused-ring (bicyclic) bond motifs is 1.